The van der Waals surface area contributed by atoms with Crippen molar-refractivity contribution in [2.45, 2.75) is 18.3 Å². The number of imide groups is 1. The van der Waals surface area contributed by atoms with Crippen molar-refractivity contribution in [1.82, 2.24) is 4.90 Å². The molecule has 1 fully saturated rings. The van der Waals surface area contributed by atoms with Gasteiger partial charge in [0.25, 0.3) is 0 Å². The highest BCUT2D eigenvalue weighted by Gasteiger charge is 2.66. The van der Waals surface area contributed by atoms with Crippen molar-refractivity contribution in [1.29, 1.82) is 0 Å². The van der Waals surface area contributed by atoms with Crippen LogP contribution in [-0.2, 0) is 15.0 Å². The zero-order valence-electron chi connectivity index (χ0n) is 14.1. The number of likely N-dealkylation sites (tertiary alicyclic amines) is 1. The lowest BCUT2D eigenvalue weighted by atomic mass is 9.48. The molecule has 0 spiro atoms. The molecule has 1 heterocycles. The molecule has 0 N–H and O–H groups in total. The molecule has 1 saturated heterocycles. The molecule has 2 aromatic carbocycles. The molecule has 0 aromatic heterocycles. The van der Waals surface area contributed by atoms with E-state index in [1.165, 1.54) is 27.2 Å². The molecule has 124 valence electrons. The molecule has 4 aliphatic rings. The summed E-state index contributed by atoms with van der Waals surface area (Å²) in [4.78, 5) is 27.8. The minimum absolute atomic E-state index is 0.0366. The van der Waals surface area contributed by atoms with Crippen molar-refractivity contribution in [3.8, 4) is 0 Å². The first-order valence-corrected chi connectivity index (χ1v) is 8.75. The quantitative estimate of drug-likeness (QED) is 0.626. The minimum atomic E-state index is -0.463. The molecule has 2 atom stereocenters. The maximum atomic E-state index is 13.2. The molecule has 2 amide bonds. The van der Waals surface area contributed by atoms with Crippen LogP contribution in [0.2, 0.25) is 0 Å². The molecular formula is C22H19NO2. The second kappa shape index (κ2) is 4.69. The van der Waals surface area contributed by atoms with Crippen LogP contribution < -0.4 is 0 Å². The zero-order valence-corrected chi connectivity index (χ0v) is 14.1. The summed E-state index contributed by atoms with van der Waals surface area (Å²) in [7, 11) is 0. The number of carbonyl (C=O) groups excluding carboxylic acids is 2. The van der Waals surface area contributed by atoms with Crippen LogP contribution in [0.4, 0.5) is 0 Å². The first-order chi connectivity index (χ1) is 12.1. The predicted octanol–water partition coefficient (Wildman–Crippen LogP) is 3.24. The number of rotatable bonds is 2. The van der Waals surface area contributed by atoms with Crippen LogP contribution in [0.1, 0.15) is 35.1 Å². The topological polar surface area (TPSA) is 37.4 Å². The standard InChI is InChI=1S/C22H19NO2/c1-3-12-23-20(24)18-17-13-8-4-6-10-15(13)22(2,19(18)21(23)25)16-11-7-5-9-14(16)17/h3-11,17-19H,1,12H2,2H3/t17?,18-,19+,22?/m0/s1. The molecule has 25 heavy (non-hydrogen) atoms. The van der Waals surface area contributed by atoms with Crippen LogP contribution >= 0.6 is 0 Å². The van der Waals surface area contributed by atoms with E-state index in [9.17, 15) is 9.59 Å². The number of hydrogen-bond donors (Lipinski definition) is 0. The van der Waals surface area contributed by atoms with Gasteiger partial charge in [-0.3, -0.25) is 14.5 Å². The van der Waals surface area contributed by atoms with Gasteiger partial charge >= 0.3 is 0 Å². The van der Waals surface area contributed by atoms with E-state index >= 15 is 0 Å². The average Bonchev–Trinajstić information content (AvgIpc) is 2.89. The summed E-state index contributed by atoms with van der Waals surface area (Å²) in [6.07, 6.45) is 1.64. The van der Waals surface area contributed by atoms with Gasteiger partial charge in [0.1, 0.15) is 0 Å². The van der Waals surface area contributed by atoms with Gasteiger partial charge in [-0.25, -0.2) is 0 Å². The van der Waals surface area contributed by atoms with Gasteiger partial charge in [-0.05, 0) is 22.3 Å². The lowest BCUT2D eigenvalue weighted by Crippen LogP contribution is -2.51. The number of amides is 2. The van der Waals surface area contributed by atoms with E-state index in [1.54, 1.807) is 6.08 Å². The van der Waals surface area contributed by atoms with Crippen molar-refractivity contribution < 1.29 is 9.59 Å². The van der Waals surface area contributed by atoms with E-state index in [0.717, 1.165) is 0 Å². The fourth-order valence-corrected chi connectivity index (χ4v) is 5.52. The van der Waals surface area contributed by atoms with Crippen LogP contribution in [0.5, 0.6) is 0 Å². The lowest BCUT2D eigenvalue weighted by molar-refractivity contribution is -0.139. The highest BCUT2D eigenvalue weighted by Crippen LogP contribution is 2.63. The molecule has 3 heteroatoms. The van der Waals surface area contributed by atoms with E-state index in [1.807, 2.05) is 24.3 Å². The number of nitrogens with zero attached hydrogens (tertiary/aromatic N) is 1. The largest absolute Gasteiger partial charge is 0.278 e. The maximum absolute atomic E-state index is 13.2. The average molecular weight is 329 g/mol. The Morgan fingerprint density at radius 3 is 2.12 bits per heavy atom. The minimum Gasteiger partial charge on any atom is -0.278 e. The molecular weight excluding hydrogens is 310 g/mol. The summed E-state index contributed by atoms with van der Waals surface area (Å²) in [5, 5.41) is 0. The summed E-state index contributed by atoms with van der Waals surface area (Å²) in [6, 6.07) is 16.6. The molecule has 0 radical (unpaired) electrons. The highest BCUT2D eigenvalue weighted by molar-refractivity contribution is 6.08. The zero-order chi connectivity index (χ0) is 17.3. The van der Waals surface area contributed by atoms with Crippen molar-refractivity contribution in [2.24, 2.45) is 11.8 Å². The van der Waals surface area contributed by atoms with Crippen LogP contribution in [0.25, 0.3) is 0 Å². The Bertz CT molecular complexity index is 897. The lowest BCUT2D eigenvalue weighted by Gasteiger charge is -2.52. The molecule has 0 saturated carbocycles. The van der Waals surface area contributed by atoms with Crippen LogP contribution in [0.3, 0.4) is 0 Å². The van der Waals surface area contributed by atoms with Gasteiger partial charge in [0.2, 0.25) is 11.8 Å². The monoisotopic (exact) mass is 329 g/mol. The van der Waals surface area contributed by atoms with Gasteiger partial charge in [-0.2, -0.15) is 0 Å². The molecule has 3 nitrogen and oxygen atoms in total. The normalized spacial score (nSPS) is 31.6. The van der Waals surface area contributed by atoms with Gasteiger partial charge in [0, 0.05) is 17.9 Å². The van der Waals surface area contributed by atoms with E-state index in [2.05, 4.69) is 37.8 Å². The van der Waals surface area contributed by atoms with E-state index < -0.39 is 5.41 Å². The van der Waals surface area contributed by atoms with Crippen molar-refractivity contribution in [3.05, 3.63) is 83.4 Å². The van der Waals surface area contributed by atoms with E-state index in [0.29, 0.717) is 6.54 Å². The summed E-state index contributed by atoms with van der Waals surface area (Å²) in [6.45, 7) is 6.15. The summed E-state index contributed by atoms with van der Waals surface area (Å²) in [5.41, 5.74) is 4.33. The molecule has 1 aliphatic heterocycles. The first kappa shape index (κ1) is 14.6. The fourth-order valence-electron chi connectivity index (χ4n) is 5.52. The van der Waals surface area contributed by atoms with E-state index in [4.69, 9.17) is 0 Å². The Morgan fingerprint density at radius 2 is 1.56 bits per heavy atom. The Morgan fingerprint density at radius 1 is 1.00 bits per heavy atom. The number of hydrogen-bond acceptors (Lipinski definition) is 2. The van der Waals surface area contributed by atoms with Gasteiger partial charge in [-0.1, -0.05) is 61.5 Å². The molecule has 0 unspecified atom stereocenters. The maximum Gasteiger partial charge on any atom is 0.234 e. The smallest absolute Gasteiger partial charge is 0.234 e. The number of benzene rings is 2. The summed E-state index contributed by atoms with van der Waals surface area (Å²) in [5.74, 6) is -0.760. The third-order valence-corrected chi connectivity index (χ3v) is 6.45. The first-order valence-electron chi connectivity index (χ1n) is 8.75. The molecule has 3 aliphatic carbocycles. The van der Waals surface area contributed by atoms with Crippen LogP contribution in [0.15, 0.2) is 61.2 Å². The third-order valence-electron chi connectivity index (χ3n) is 6.45. The van der Waals surface area contributed by atoms with Crippen molar-refractivity contribution in [2.75, 3.05) is 6.54 Å². The Kier molecular flexibility index (Phi) is 2.75. The highest BCUT2D eigenvalue weighted by atomic mass is 16.2. The number of carbonyl (C=O) groups is 2. The predicted molar refractivity (Wildman–Crippen MR) is 95.1 cm³/mol. The fraction of sp³-hybridized carbons (Fsp3) is 0.273. The third kappa shape index (κ3) is 1.52. The van der Waals surface area contributed by atoms with Crippen LogP contribution in [-0.4, -0.2) is 23.3 Å². The van der Waals surface area contributed by atoms with Gasteiger partial charge in [0.15, 0.2) is 0 Å². The van der Waals surface area contributed by atoms with Crippen molar-refractivity contribution >= 4 is 11.8 Å². The van der Waals surface area contributed by atoms with Crippen LogP contribution in [0, 0.1) is 11.8 Å². The van der Waals surface area contributed by atoms with Gasteiger partial charge in [0.05, 0.1) is 11.8 Å². The summed E-state index contributed by atoms with van der Waals surface area (Å²) < 4.78 is 0. The molecule has 6 rings (SSSR count). The second-order valence-corrected chi connectivity index (χ2v) is 7.43. The van der Waals surface area contributed by atoms with Crippen molar-refractivity contribution in [3.63, 3.8) is 0 Å². The summed E-state index contributed by atoms with van der Waals surface area (Å²) >= 11 is 0. The van der Waals surface area contributed by atoms with E-state index in [-0.39, 0.29) is 29.6 Å². The van der Waals surface area contributed by atoms with Gasteiger partial charge < -0.3 is 0 Å². The second-order valence-electron chi connectivity index (χ2n) is 7.43. The molecule has 2 aromatic rings. The Hall–Kier alpha value is -2.68. The SMILES string of the molecule is C=CCN1C(=O)[C@H]2C3c4ccccc4C(C)(c4ccccc43)[C@H]2C1=O. The Balaban J connectivity index is 1.84. The Labute approximate surface area is 147 Å². The molecule has 2 bridgehead atoms. The van der Waals surface area contributed by atoms with Gasteiger partial charge in [-0.15, -0.1) is 6.58 Å².